The summed E-state index contributed by atoms with van der Waals surface area (Å²) in [5, 5.41) is 9.27. The summed E-state index contributed by atoms with van der Waals surface area (Å²) < 4.78 is 0. The summed E-state index contributed by atoms with van der Waals surface area (Å²) in [5.41, 5.74) is -0.867. The molecule has 2 bridgehead atoms. The molecule has 2 aliphatic carbocycles. The number of aldehydes is 1. The molecule has 0 radical (unpaired) electrons. The summed E-state index contributed by atoms with van der Waals surface area (Å²) in [6.45, 7) is 4.06. The third-order valence-corrected chi connectivity index (χ3v) is 4.56. The van der Waals surface area contributed by atoms with Crippen LogP contribution in [0.3, 0.4) is 0 Å². The van der Waals surface area contributed by atoms with Crippen LogP contribution in [-0.2, 0) is 9.59 Å². The van der Waals surface area contributed by atoms with Crippen LogP contribution < -0.4 is 0 Å². The van der Waals surface area contributed by atoms with Crippen LogP contribution >= 0.6 is 0 Å². The van der Waals surface area contributed by atoms with Gasteiger partial charge in [0.05, 0.1) is 5.41 Å². The Morgan fingerprint density at radius 3 is 2.57 bits per heavy atom. The second kappa shape index (κ2) is 2.59. The van der Waals surface area contributed by atoms with Crippen molar-refractivity contribution in [3.05, 3.63) is 0 Å². The first-order valence-corrected chi connectivity index (χ1v) is 5.14. The molecule has 0 aliphatic heterocycles. The van der Waals surface area contributed by atoms with Gasteiger partial charge in [-0.25, -0.2) is 0 Å². The van der Waals surface area contributed by atoms with Crippen molar-refractivity contribution in [2.45, 2.75) is 33.1 Å². The number of carbonyl (C=O) groups excluding carboxylic acids is 1. The van der Waals surface area contributed by atoms with E-state index in [1.165, 1.54) is 0 Å². The second-order valence-electron chi connectivity index (χ2n) is 5.34. The fourth-order valence-corrected chi connectivity index (χ4v) is 3.59. The van der Waals surface area contributed by atoms with Gasteiger partial charge in [0, 0.05) is 5.92 Å². The first kappa shape index (κ1) is 9.69. The molecule has 0 saturated heterocycles. The average Bonchev–Trinajstić information content (AvgIpc) is 2.58. The van der Waals surface area contributed by atoms with E-state index in [2.05, 4.69) is 0 Å². The van der Waals surface area contributed by atoms with Crippen molar-refractivity contribution in [1.29, 1.82) is 0 Å². The average molecular weight is 196 g/mol. The van der Waals surface area contributed by atoms with Gasteiger partial charge in [0.2, 0.25) is 0 Å². The number of hydrogen-bond acceptors (Lipinski definition) is 2. The lowest BCUT2D eigenvalue weighted by molar-refractivity contribution is -0.155. The summed E-state index contributed by atoms with van der Waals surface area (Å²) in [5.74, 6) is -0.664. The van der Waals surface area contributed by atoms with E-state index in [0.717, 1.165) is 12.7 Å². The zero-order chi connectivity index (χ0) is 10.6. The molecule has 2 rings (SSSR count). The lowest BCUT2D eigenvalue weighted by atomic mass is 9.64. The van der Waals surface area contributed by atoms with Crippen molar-refractivity contribution >= 4 is 12.3 Å². The fourth-order valence-electron chi connectivity index (χ4n) is 3.59. The molecule has 14 heavy (non-hydrogen) atoms. The Morgan fingerprint density at radius 1 is 1.50 bits per heavy atom. The van der Waals surface area contributed by atoms with Crippen LogP contribution in [0.4, 0.5) is 0 Å². The zero-order valence-electron chi connectivity index (χ0n) is 8.62. The van der Waals surface area contributed by atoms with Gasteiger partial charge in [-0.2, -0.15) is 0 Å². The summed E-state index contributed by atoms with van der Waals surface area (Å²) in [4.78, 5) is 22.3. The van der Waals surface area contributed by atoms with Crippen molar-refractivity contribution in [3.8, 4) is 0 Å². The van der Waals surface area contributed by atoms with Gasteiger partial charge >= 0.3 is 5.97 Å². The SMILES string of the molecule is CC1(C)C2CCC(C(=O)O)(C2)C1C=O. The van der Waals surface area contributed by atoms with Crippen LogP contribution in [0.25, 0.3) is 0 Å². The van der Waals surface area contributed by atoms with E-state index in [1.54, 1.807) is 0 Å². The standard InChI is InChI=1S/C11H16O3/c1-10(2)7-3-4-11(5-7,9(13)14)8(10)6-12/h6-8H,3-5H2,1-2H3,(H,13,14). The number of rotatable bonds is 2. The molecule has 3 unspecified atom stereocenters. The van der Waals surface area contributed by atoms with E-state index in [1.807, 2.05) is 13.8 Å². The van der Waals surface area contributed by atoms with Gasteiger partial charge in [-0.15, -0.1) is 0 Å². The lowest BCUT2D eigenvalue weighted by Crippen LogP contribution is -2.42. The Kier molecular flexibility index (Phi) is 1.79. The molecule has 0 amide bonds. The third-order valence-electron chi connectivity index (χ3n) is 4.56. The van der Waals surface area contributed by atoms with E-state index in [4.69, 9.17) is 0 Å². The van der Waals surface area contributed by atoms with Gasteiger partial charge in [-0.05, 0) is 30.6 Å². The summed E-state index contributed by atoms with van der Waals surface area (Å²) >= 11 is 0. The molecule has 2 saturated carbocycles. The smallest absolute Gasteiger partial charge is 0.310 e. The molecular formula is C11H16O3. The molecule has 2 aliphatic rings. The van der Waals surface area contributed by atoms with Crippen molar-refractivity contribution in [3.63, 3.8) is 0 Å². The van der Waals surface area contributed by atoms with E-state index < -0.39 is 11.4 Å². The maximum atomic E-state index is 11.3. The molecule has 3 atom stereocenters. The maximum Gasteiger partial charge on any atom is 0.310 e. The topological polar surface area (TPSA) is 54.4 Å². The Balaban J connectivity index is 2.45. The molecule has 0 aromatic carbocycles. The van der Waals surface area contributed by atoms with Gasteiger partial charge in [0.15, 0.2) is 0 Å². The second-order valence-corrected chi connectivity index (χ2v) is 5.34. The Labute approximate surface area is 83.5 Å². The zero-order valence-corrected chi connectivity index (χ0v) is 8.62. The number of fused-ring (bicyclic) bond motifs is 2. The van der Waals surface area contributed by atoms with Gasteiger partial charge in [0.25, 0.3) is 0 Å². The number of carboxylic acid groups (broad SMARTS) is 1. The van der Waals surface area contributed by atoms with Gasteiger partial charge in [0.1, 0.15) is 6.29 Å². The molecule has 0 aromatic rings. The molecule has 0 spiro atoms. The predicted molar refractivity (Wildman–Crippen MR) is 50.7 cm³/mol. The Hall–Kier alpha value is -0.860. The molecule has 3 heteroatoms. The molecule has 2 fully saturated rings. The first-order valence-electron chi connectivity index (χ1n) is 5.14. The van der Waals surface area contributed by atoms with E-state index >= 15 is 0 Å². The largest absolute Gasteiger partial charge is 0.481 e. The lowest BCUT2D eigenvalue weighted by Gasteiger charge is -2.38. The highest BCUT2D eigenvalue weighted by Crippen LogP contribution is 2.65. The van der Waals surface area contributed by atoms with Crippen LogP contribution in [0.1, 0.15) is 33.1 Å². The third kappa shape index (κ3) is 0.877. The molecule has 1 N–H and O–H groups in total. The highest BCUT2D eigenvalue weighted by molar-refractivity contribution is 5.81. The monoisotopic (exact) mass is 196 g/mol. The molecular weight excluding hydrogens is 180 g/mol. The van der Waals surface area contributed by atoms with Crippen molar-refractivity contribution in [2.75, 3.05) is 0 Å². The van der Waals surface area contributed by atoms with E-state index in [9.17, 15) is 14.7 Å². The van der Waals surface area contributed by atoms with Crippen LogP contribution in [0.15, 0.2) is 0 Å². The Bertz CT molecular complexity index is 295. The minimum absolute atomic E-state index is 0.127. The van der Waals surface area contributed by atoms with Crippen molar-refractivity contribution < 1.29 is 14.7 Å². The van der Waals surface area contributed by atoms with Crippen molar-refractivity contribution in [1.82, 2.24) is 0 Å². The minimum Gasteiger partial charge on any atom is -0.481 e. The number of carboxylic acids is 1. The number of aliphatic carboxylic acids is 1. The number of hydrogen-bond donors (Lipinski definition) is 1. The molecule has 0 aromatic heterocycles. The normalized spacial score (nSPS) is 43.9. The van der Waals surface area contributed by atoms with Crippen LogP contribution in [-0.4, -0.2) is 17.4 Å². The fraction of sp³-hybridized carbons (Fsp3) is 0.818. The minimum atomic E-state index is -0.775. The van der Waals surface area contributed by atoms with Gasteiger partial charge in [-0.3, -0.25) is 4.79 Å². The maximum absolute atomic E-state index is 11.3. The van der Waals surface area contributed by atoms with Crippen LogP contribution in [0.2, 0.25) is 0 Å². The van der Waals surface area contributed by atoms with Gasteiger partial charge < -0.3 is 9.90 Å². The first-order chi connectivity index (χ1) is 6.45. The predicted octanol–water partition coefficient (Wildman–Crippen LogP) is 1.71. The Morgan fingerprint density at radius 2 is 2.14 bits per heavy atom. The van der Waals surface area contributed by atoms with E-state index in [-0.39, 0.29) is 11.3 Å². The van der Waals surface area contributed by atoms with Crippen molar-refractivity contribution in [2.24, 2.45) is 22.7 Å². The van der Waals surface area contributed by atoms with Crippen LogP contribution in [0, 0.1) is 22.7 Å². The van der Waals surface area contributed by atoms with E-state index in [0.29, 0.717) is 18.8 Å². The summed E-state index contributed by atoms with van der Waals surface area (Å²) in [6, 6.07) is 0. The molecule has 3 nitrogen and oxygen atoms in total. The van der Waals surface area contributed by atoms with Crippen LogP contribution in [0.5, 0.6) is 0 Å². The summed E-state index contributed by atoms with van der Waals surface area (Å²) in [7, 11) is 0. The highest BCUT2D eigenvalue weighted by atomic mass is 16.4. The summed E-state index contributed by atoms with van der Waals surface area (Å²) in [6.07, 6.45) is 3.20. The molecule has 0 heterocycles. The van der Waals surface area contributed by atoms with Gasteiger partial charge in [-0.1, -0.05) is 13.8 Å². The highest BCUT2D eigenvalue weighted by Gasteiger charge is 2.65. The number of carbonyl (C=O) groups is 2. The quantitative estimate of drug-likeness (QED) is 0.684. The molecule has 78 valence electrons.